The predicted octanol–water partition coefficient (Wildman–Crippen LogP) is 2.62. The maximum Gasteiger partial charge on any atom is 0.246 e. The first-order chi connectivity index (χ1) is 9.91. The monoisotopic (exact) mass is 334 g/mol. The van der Waals surface area contributed by atoms with Gasteiger partial charge in [0.15, 0.2) is 0 Å². The van der Waals surface area contributed by atoms with Crippen molar-refractivity contribution >= 4 is 21.6 Å². The second-order valence-electron chi connectivity index (χ2n) is 5.28. The van der Waals surface area contributed by atoms with E-state index in [0.717, 1.165) is 25.3 Å². The highest BCUT2D eigenvalue weighted by molar-refractivity contribution is 7.89. The molecule has 2 N–H and O–H groups in total. The van der Waals surface area contributed by atoms with Crippen molar-refractivity contribution in [1.82, 2.24) is 4.31 Å². The largest absolute Gasteiger partial charge is 0.330 e. The highest BCUT2D eigenvalue weighted by Crippen LogP contribution is 2.33. The molecule has 1 saturated carbocycles. The van der Waals surface area contributed by atoms with Gasteiger partial charge in [-0.2, -0.15) is 4.31 Å². The topological polar surface area (TPSA) is 63.4 Å². The Morgan fingerprint density at radius 3 is 2.71 bits per heavy atom. The predicted molar refractivity (Wildman–Crippen MR) is 81.2 cm³/mol. The Balaban J connectivity index is 2.40. The van der Waals surface area contributed by atoms with Crippen LogP contribution in [-0.4, -0.2) is 31.9 Å². The number of hydrogen-bond acceptors (Lipinski definition) is 3. The second kappa shape index (κ2) is 6.60. The van der Waals surface area contributed by atoms with Gasteiger partial charge >= 0.3 is 0 Å². The third-order valence-electron chi connectivity index (χ3n) is 4.08. The normalized spacial score (nSPS) is 22.9. The molecule has 4 nitrogen and oxygen atoms in total. The quantitative estimate of drug-likeness (QED) is 0.900. The number of benzene rings is 1. The Kier molecular flexibility index (Phi) is 5.24. The molecule has 0 saturated heterocycles. The van der Waals surface area contributed by atoms with E-state index in [0.29, 0.717) is 13.1 Å². The number of nitrogens with two attached hydrogens (primary N) is 1. The van der Waals surface area contributed by atoms with Crippen molar-refractivity contribution in [1.29, 1.82) is 0 Å². The molecule has 2 rings (SSSR count). The fourth-order valence-corrected chi connectivity index (χ4v) is 5.00. The lowest BCUT2D eigenvalue weighted by Gasteiger charge is -2.31. The van der Waals surface area contributed by atoms with Crippen LogP contribution in [0.25, 0.3) is 0 Å². The zero-order chi connectivity index (χ0) is 15.6. The summed E-state index contributed by atoms with van der Waals surface area (Å²) in [6, 6.07) is 3.49. The van der Waals surface area contributed by atoms with Crippen molar-refractivity contribution in [2.45, 2.75) is 37.1 Å². The molecule has 0 bridgehead atoms. The summed E-state index contributed by atoms with van der Waals surface area (Å²) in [5, 5.41) is 0.176. The first-order valence-electron chi connectivity index (χ1n) is 7.08. The first-order valence-corrected chi connectivity index (χ1v) is 8.90. The molecule has 0 aliphatic heterocycles. The molecule has 0 spiro atoms. The van der Waals surface area contributed by atoms with Gasteiger partial charge in [-0.25, -0.2) is 12.8 Å². The average molecular weight is 335 g/mol. The second-order valence-corrected chi connectivity index (χ2v) is 7.57. The summed E-state index contributed by atoms with van der Waals surface area (Å²) in [6.07, 6.45) is 2.63. The summed E-state index contributed by atoms with van der Waals surface area (Å²) < 4.78 is 40.9. The molecule has 0 heterocycles. The highest BCUT2D eigenvalue weighted by Gasteiger charge is 2.38. The van der Waals surface area contributed by atoms with Crippen LogP contribution in [0.15, 0.2) is 23.1 Å². The van der Waals surface area contributed by atoms with E-state index >= 15 is 0 Å². The van der Waals surface area contributed by atoms with Crippen molar-refractivity contribution in [2.24, 2.45) is 11.7 Å². The van der Waals surface area contributed by atoms with Crippen LogP contribution in [0.1, 0.15) is 26.2 Å². The molecule has 1 aromatic carbocycles. The van der Waals surface area contributed by atoms with E-state index in [-0.39, 0.29) is 21.9 Å². The number of halogens is 2. The fourth-order valence-electron chi connectivity index (χ4n) is 3.06. The molecule has 1 fully saturated rings. The van der Waals surface area contributed by atoms with Gasteiger partial charge in [-0.15, -0.1) is 0 Å². The van der Waals surface area contributed by atoms with Crippen molar-refractivity contribution in [3.05, 3.63) is 29.0 Å². The lowest BCUT2D eigenvalue weighted by molar-refractivity contribution is 0.275. The van der Waals surface area contributed by atoms with E-state index in [2.05, 4.69) is 0 Å². The number of hydrogen-bond donors (Lipinski definition) is 1. The molecule has 2 unspecified atom stereocenters. The highest BCUT2D eigenvalue weighted by atomic mass is 35.5. The van der Waals surface area contributed by atoms with Crippen molar-refractivity contribution in [3.63, 3.8) is 0 Å². The zero-order valence-corrected chi connectivity index (χ0v) is 13.5. The molecular formula is C14H20ClFN2O2S. The SMILES string of the molecule is CCN(C1CCCC1CN)S(=O)(=O)c1ccc(Cl)cc1F. The number of nitrogens with zero attached hydrogens (tertiary/aromatic N) is 1. The van der Waals surface area contributed by atoms with Gasteiger partial charge < -0.3 is 5.73 Å². The van der Waals surface area contributed by atoms with Crippen LogP contribution in [0.2, 0.25) is 5.02 Å². The summed E-state index contributed by atoms with van der Waals surface area (Å²) >= 11 is 5.69. The van der Waals surface area contributed by atoms with Gasteiger partial charge in [0, 0.05) is 17.6 Å². The molecule has 118 valence electrons. The minimum Gasteiger partial charge on any atom is -0.330 e. The molecule has 2 atom stereocenters. The van der Waals surface area contributed by atoms with Crippen LogP contribution in [0.5, 0.6) is 0 Å². The molecule has 0 aromatic heterocycles. The molecular weight excluding hydrogens is 315 g/mol. The summed E-state index contributed by atoms with van der Waals surface area (Å²) in [6.45, 7) is 2.50. The molecule has 7 heteroatoms. The molecule has 1 aliphatic rings. The summed E-state index contributed by atoms with van der Waals surface area (Å²) in [5.41, 5.74) is 5.74. The van der Waals surface area contributed by atoms with Gasteiger partial charge in [0.25, 0.3) is 0 Å². The van der Waals surface area contributed by atoms with E-state index in [4.69, 9.17) is 17.3 Å². The Morgan fingerprint density at radius 1 is 1.43 bits per heavy atom. The van der Waals surface area contributed by atoms with Crippen LogP contribution < -0.4 is 5.73 Å². The van der Waals surface area contributed by atoms with Crippen LogP contribution in [-0.2, 0) is 10.0 Å². The zero-order valence-electron chi connectivity index (χ0n) is 11.9. The molecule has 0 radical (unpaired) electrons. The number of sulfonamides is 1. The Morgan fingerprint density at radius 2 is 2.14 bits per heavy atom. The first kappa shape index (κ1) is 16.7. The van der Waals surface area contributed by atoms with Crippen LogP contribution >= 0.6 is 11.6 Å². The lowest BCUT2D eigenvalue weighted by atomic mass is 10.0. The third-order valence-corrected chi connectivity index (χ3v) is 6.35. The van der Waals surface area contributed by atoms with Gasteiger partial charge in [-0.05, 0) is 43.5 Å². The molecule has 1 aromatic rings. The van der Waals surface area contributed by atoms with E-state index in [9.17, 15) is 12.8 Å². The van der Waals surface area contributed by atoms with Gasteiger partial charge in [-0.3, -0.25) is 0 Å². The third kappa shape index (κ3) is 3.23. The minimum atomic E-state index is -3.88. The smallest absolute Gasteiger partial charge is 0.246 e. The summed E-state index contributed by atoms with van der Waals surface area (Å²) in [7, 11) is -3.88. The van der Waals surface area contributed by atoms with Crippen molar-refractivity contribution < 1.29 is 12.8 Å². The lowest BCUT2D eigenvalue weighted by Crippen LogP contribution is -2.44. The molecule has 21 heavy (non-hydrogen) atoms. The van der Waals surface area contributed by atoms with Gasteiger partial charge in [0.2, 0.25) is 10.0 Å². The van der Waals surface area contributed by atoms with Gasteiger partial charge in [-0.1, -0.05) is 24.9 Å². The minimum absolute atomic E-state index is 0.134. The molecule has 1 aliphatic carbocycles. The summed E-state index contributed by atoms with van der Waals surface area (Å²) in [4.78, 5) is -0.323. The van der Waals surface area contributed by atoms with Crippen molar-refractivity contribution in [3.8, 4) is 0 Å². The van der Waals surface area contributed by atoms with Gasteiger partial charge in [0.1, 0.15) is 10.7 Å². The summed E-state index contributed by atoms with van der Waals surface area (Å²) in [5.74, 6) is -0.682. The Bertz CT molecular complexity index is 609. The average Bonchev–Trinajstić information content (AvgIpc) is 2.86. The van der Waals surface area contributed by atoms with E-state index in [1.807, 2.05) is 0 Å². The van der Waals surface area contributed by atoms with E-state index in [1.54, 1.807) is 6.92 Å². The van der Waals surface area contributed by atoms with Crippen LogP contribution in [0, 0.1) is 11.7 Å². The Labute approximate surface area is 130 Å². The maximum absolute atomic E-state index is 14.0. The standard InChI is InChI=1S/C14H20ClFN2O2S/c1-2-18(13-5-3-4-10(13)9-17)21(19,20)14-7-6-11(15)8-12(14)16/h6-8,10,13H,2-5,9,17H2,1H3. The van der Waals surface area contributed by atoms with Crippen molar-refractivity contribution in [2.75, 3.05) is 13.1 Å². The van der Waals surface area contributed by atoms with Crippen LogP contribution in [0.4, 0.5) is 4.39 Å². The molecule has 0 amide bonds. The van der Waals surface area contributed by atoms with E-state index in [1.165, 1.54) is 16.4 Å². The maximum atomic E-state index is 14.0. The Hall–Kier alpha value is -0.690. The van der Waals surface area contributed by atoms with E-state index < -0.39 is 15.8 Å². The van der Waals surface area contributed by atoms with Crippen LogP contribution in [0.3, 0.4) is 0 Å². The fraction of sp³-hybridized carbons (Fsp3) is 0.571. The number of rotatable bonds is 5. The van der Waals surface area contributed by atoms with Gasteiger partial charge in [0.05, 0.1) is 0 Å².